The van der Waals surface area contributed by atoms with Crippen LogP contribution in [0.3, 0.4) is 0 Å². The van der Waals surface area contributed by atoms with Crippen molar-refractivity contribution < 1.29 is 0 Å². The normalized spacial score (nSPS) is 10.0. The van der Waals surface area contributed by atoms with Gasteiger partial charge in [0.1, 0.15) is 0 Å². The summed E-state index contributed by atoms with van der Waals surface area (Å²) in [6.45, 7) is 0. The summed E-state index contributed by atoms with van der Waals surface area (Å²) in [6.07, 6.45) is 0. The van der Waals surface area contributed by atoms with Crippen molar-refractivity contribution >= 4 is 203 Å². The molecule has 0 nitrogen and oxygen atoms in total. The molecule has 6 heteroatoms. The van der Waals surface area contributed by atoms with E-state index in [0.29, 0.717) is 0 Å². The van der Waals surface area contributed by atoms with E-state index < -0.39 is 0 Å². The number of benzene rings is 6. The van der Waals surface area contributed by atoms with Crippen molar-refractivity contribution in [2.75, 3.05) is 0 Å². The molecule has 0 aliphatic carbocycles. The van der Waals surface area contributed by atoms with Gasteiger partial charge in [0.2, 0.25) is 0 Å². The summed E-state index contributed by atoms with van der Waals surface area (Å²) in [6, 6.07) is 33.8. The van der Waals surface area contributed by atoms with E-state index in [0.717, 1.165) is 0 Å². The molecule has 0 aromatic heterocycles. The molecule has 0 atom stereocenters. The number of hydrogen-bond donors (Lipinski definition) is 0. The van der Waals surface area contributed by atoms with Crippen LogP contribution in [-0.2, 0) is 0 Å². The second kappa shape index (κ2) is 13.2. The molecular formula is C26H15Sb6. The molecule has 6 rings (SSSR count). The number of hydrogen-bond acceptors (Lipinski definition) is 0. The van der Waals surface area contributed by atoms with Crippen LogP contribution in [-0.4, -0.2) is 145 Å². The molecule has 0 saturated heterocycles. The van der Waals surface area contributed by atoms with Crippen molar-refractivity contribution in [3.05, 3.63) is 91.0 Å². The van der Waals surface area contributed by atoms with Gasteiger partial charge < -0.3 is 0 Å². The van der Waals surface area contributed by atoms with E-state index in [1.54, 1.807) is 23.0 Å². The van der Waals surface area contributed by atoms with Crippen LogP contribution < -0.4 is 3.51 Å². The second-order valence-corrected chi connectivity index (χ2v) is 8.63. The summed E-state index contributed by atoms with van der Waals surface area (Å²) < 4.78 is 1.38. The molecule has 0 aliphatic rings. The summed E-state index contributed by atoms with van der Waals surface area (Å²) in [4.78, 5) is 0. The van der Waals surface area contributed by atoms with Crippen LogP contribution in [0.1, 0.15) is 0 Å². The standard InChI is InChI=1S/C26H15.6Sb/c1-2-7-19-13-24-16-26-22(14-23(24)12-18(19)6-1)10-9-21-11-17-5-3-4-8-20(17)15-25(21)26;;;;;;/h1-7,9-16H;;;;;;. The summed E-state index contributed by atoms with van der Waals surface area (Å²) in [5, 5.41) is 13.2. The zero-order chi connectivity index (χ0) is 18.0. The molecule has 17 radical (unpaired) electrons. The van der Waals surface area contributed by atoms with Crippen LogP contribution in [0.5, 0.6) is 0 Å². The molecule has 6 aromatic carbocycles. The van der Waals surface area contributed by atoms with Gasteiger partial charge in [0, 0.05) is 122 Å². The van der Waals surface area contributed by atoms with Crippen molar-refractivity contribution in [2.45, 2.75) is 0 Å². The minimum atomic E-state index is 0. The Morgan fingerprint density at radius 2 is 0.781 bits per heavy atom. The van der Waals surface area contributed by atoms with Crippen LogP contribution in [0.15, 0.2) is 91.0 Å². The molecule has 0 aliphatic heterocycles. The molecule has 0 spiro atoms. The van der Waals surface area contributed by atoms with E-state index in [1.165, 1.54) is 57.4 Å². The van der Waals surface area contributed by atoms with E-state index >= 15 is 0 Å². The maximum atomic E-state index is 2.38. The fourth-order valence-electron chi connectivity index (χ4n) is 4.26. The summed E-state index contributed by atoms with van der Waals surface area (Å²) in [7, 11) is 0. The van der Waals surface area contributed by atoms with Crippen molar-refractivity contribution in [3.8, 4) is 0 Å². The summed E-state index contributed by atoms with van der Waals surface area (Å²) in [5.41, 5.74) is 0. The van der Waals surface area contributed by atoms with Gasteiger partial charge in [-0.25, -0.2) is 0 Å². The van der Waals surface area contributed by atoms with Gasteiger partial charge in [0.05, 0.1) is 0 Å². The Kier molecular flexibility index (Phi) is 13.0. The van der Waals surface area contributed by atoms with Gasteiger partial charge in [0.15, 0.2) is 0 Å². The van der Waals surface area contributed by atoms with Crippen molar-refractivity contribution in [3.63, 3.8) is 0 Å². The SMILES string of the molecule is [Sb].[Sb].[Sb].[Sb].[Sb].[Sb][c]1cccc2cc3ccc4cc5cc6ccccc6cc5cc4c3cc12. The molecule has 149 valence electrons. The average molecular weight is 1060 g/mol. The Hall–Kier alpha value is 1.53. The molecule has 0 N–H and O–H groups in total. The van der Waals surface area contributed by atoms with Crippen molar-refractivity contribution in [2.24, 2.45) is 0 Å². The van der Waals surface area contributed by atoms with Gasteiger partial charge in [-0.2, -0.15) is 0 Å². The Morgan fingerprint density at radius 1 is 0.344 bits per heavy atom. The quantitative estimate of drug-likeness (QED) is 0.121. The third-order valence-corrected chi connectivity index (χ3v) is 6.75. The minimum absolute atomic E-state index is 0. The monoisotopic (exact) mass is 1050 g/mol. The summed E-state index contributed by atoms with van der Waals surface area (Å²) >= 11 is 1.79. The molecule has 0 amide bonds. The van der Waals surface area contributed by atoms with E-state index in [1.807, 2.05) is 0 Å². The number of fused-ring (bicyclic) bond motifs is 6. The van der Waals surface area contributed by atoms with Crippen LogP contribution in [0, 0.1) is 0 Å². The van der Waals surface area contributed by atoms with Crippen molar-refractivity contribution in [1.82, 2.24) is 0 Å². The molecule has 0 saturated carbocycles. The van der Waals surface area contributed by atoms with E-state index in [9.17, 15) is 0 Å². The Bertz CT molecular complexity index is 1540. The Morgan fingerprint density at radius 3 is 1.41 bits per heavy atom. The first-order valence-corrected chi connectivity index (χ1v) is 10.4. The Labute approximate surface area is 288 Å². The van der Waals surface area contributed by atoms with Crippen LogP contribution in [0.2, 0.25) is 0 Å². The predicted octanol–water partition coefficient (Wildman–Crippen LogP) is 4.34. The van der Waals surface area contributed by atoms with E-state index in [2.05, 4.69) is 91.0 Å². The fourth-order valence-corrected chi connectivity index (χ4v) is 5.06. The first kappa shape index (κ1) is 31.6. The molecule has 0 heterocycles. The van der Waals surface area contributed by atoms with Gasteiger partial charge in [0.25, 0.3) is 0 Å². The van der Waals surface area contributed by atoms with Gasteiger partial charge in [-0.1, -0.05) is 0 Å². The van der Waals surface area contributed by atoms with Gasteiger partial charge in [-0.3, -0.25) is 0 Å². The van der Waals surface area contributed by atoms with Crippen LogP contribution in [0.25, 0.3) is 53.9 Å². The van der Waals surface area contributed by atoms with E-state index in [4.69, 9.17) is 0 Å². The van der Waals surface area contributed by atoms with Crippen LogP contribution >= 0.6 is 0 Å². The van der Waals surface area contributed by atoms with E-state index in [-0.39, 0.29) is 122 Å². The third kappa shape index (κ3) is 5.74. The second-order valence-electron chi connectivity index (χ2n) is 7.26. The molecule has 0 fully saturated rings. The summed E-state index contributed by atoms with van der Waals surface area (Å²) in [5.74, 6) is 0. The predicted molar refractivity (Wildman–Crippen MR) is 148 cm³/mol. The molecule has 6 aromatic rings. The zero-order valence-corrected chi connectivity index (χ0v) is 32.2. The van der Waals surface area contributed by atoms with Gasteiger partial charge in [-0.05, 0) is 0 Å². The Balaban J connectivity index is 0.00000102. The third-order valence-electron chi connectivity index (χ3n) is 5.63. The molecule has 32 heavy (non-hydrogen) atoms. The molecular weight excluding hydrogens is 1040 g/mol. The number of rotatable bonds is 0. The van der Waals surface area contributed by atoms with Gasteiger partial charge in [-0.15, -0.1) is 0 Å². The zero-order valence-electron chi connectivity index (χ0n) is 16.8. The molecule has 0 unspecified atom stereocenters. The molecule has 0 bridgehead atoms. The topological polar surface area (TPSA) is 0 Å². The van der Waals surface area contributed by atoms with Crippen molar-refractivity contribution in [1.29, 1.82) is 0 Å². The average Bonchev–Trinajstić information content (AvgIpc) is 2.70. The van der Waals surface area contributed by atoms with Gasteiger partial charge >= 0.3 is 171 Å². The van der Waals surface area contributed by atoms with Crippen LogP contribution in [0.4, 0.5) is 0 Å². The maximum absolute atomic E-state index is 2.38. The first-order valence-electron chi connectivity index (χ1n) is 9.17. The first-order chi connectivity index (χ1) is 13.3. The fraction of sp³-hybridized carbons (Fsp3) is 0.